The van der Waals surface area contributed by atoms with Crippen LogP contribution in [0.15, 0.2) is 52.8 Å². The summed E-state index contributed by atoms with van der Waals surface area (Å²) in [6.07, 6.45) is 1.75. The van der Waals surface area contributed by atoms with Crippen LogP contribution in [0.3, 0.4) is 0 Å². The van der Waals surface area contributed by atoms with E-state index in [0.29, 0.717) is 11.3 Å². The quantitative estimate of drug-likeness (QED) is 0.723. The Morgan fingerprint density at radius 1 is 1.14 bits per heavy atom. The van der Waals surface area contributed by atoms with Crippen LogP contribution in [0, 0.1) is 6.92 Å². The maximum Gasteiger partial charge on any atom is 0.358 e. The monoisotopic (exact) mass is 296 g/mol. The molecule has 0 saturated carbocycles. The standard InChI is InChI=1S/C15H12N4O3/c1-9-2-7-12-16-13(15(21)22)14(19(12)8-9)18-17-10-3-5-11(20)6-4-10/h2-8,20H,1H3,(H,21,22). The van der Waals surface area contributed by atoms with E-state index < -0.39 is 5.97 Å². The predicted molar refractivity (Wildman–Crippen MR) is 79.2 cm³/mol. The number of fused-ring (bicyclic) bond motifs is 1. The average Bonchev–Trinajstić information content (AvgIpc) is 2.85. The third kappa shape index (κ3) is 2.51. The highest BCUT2D eigenvalue weighted by atomic mass is 16.4. The van der Waals surface area contributed by atoms with E-state index in [1.165, 1.54) is 12.1 Å². The number of azo groups is 1. The Morgan fingerprint density at radius 2 is 1.86 bits per heavy atom. The number of pyridine rings is 1. The summed E-state index contributed by atoms with van der Waals surface area (Å²) in [5.74, 6) is -0.893. The molecular weight excluding hydrogens is 284 g/mol. The summed E-state index contributed by atoms with van der Waals surface area (Å²) < 4.78 is 1.59. The molecule has 0 amide bonds. The summed E-state index contributed by atoms with van der Waals surface area (Å²) in [6, 6.07) is 9.67. The number of carbonyl (C=O) groups is 1. The van der Waals surface area contributed by atoms with Gasteiger partial charge in [0.15, 0.2) is 11.5 Å². The fourth-order valence-corrected chi connectivity index (χ4v) is 2.00. The number of phenols is 1. The molecule has 0 radical (unpaired) electrons. The molecule has 3 aromatic rings. The molecule has 22 heavy (non-hydrogen) atoms. The van der Waals surface area contributed by atoms with Crippen LogP contribution in [-0.4, -0.2) is 25.6 Å². The minimum atomic E-state index is -1.17. The zero-order valence-corrected chi connectivity index (χ0v) is 11.6. The van der Waals surface area contributed by atoms with Gasteiger partial charge in [0.2, 0.25) is 0 Å². The molecular formula is C15H12N4O3. The zero-order valence-electron chi connectivity index (χ0n) is 11.6. The van der Waals surface area contributed by atoms with Crippen LogP contribution in [-0.2, 0) is 0 Å². The first-order valence-electron chi connectivity index (χ1n) is 6.47. The van der Waals surface area contributed by atoms with Gasteiger partial charge in [-0.05, 0) is 42.8 Å². The maximum absolute atomic E-state index is 11.3. The molecule has 0 saturated heterocycles. The van der Waals surface area contributed by atoms with E-state index in [2.05, 4.69) is 15.2 Å². The Kier molecular flexibility index (Phi) is 3.30. The van der Waals surface area contributed by atoms with E-state index in [4.69, 9.17) is 0 Å². The molecule has 0 atom stereocenters. The number of aromatic nitrogens is 2. The number of benzene rings is 1. The Hall–Kier alpha value is -3.22. The van der Waals surface area contributed by atoms with Gasteiger partial charge < -0.3 is 10.2 Å². The van der Waals surface area contributed by atoms with Gasteiger partial charge in [-0.1, -0.05) is 6.07 Å². The molecule has 3 rings (SSSR count). The van der Waals surface area contributed by atoms with Crippen molar-refractivity contribution < 1.29 is 15.0 Å². The highest BCUT2D eigenvalue weighted by molar-refractivity contribution is 5.91. The smallest absolute Gasteiger partial charge is 0.358 e. The number of hydrogen-bond acceptors (Lipinski definition) is 5. The minimum Gasteiger partial charge on any atom is -0.508 e. The third-order valence-electron chi connectivity index (χ3n) is 3.05. The van der Waals surface area contributed by atoms with Crippen molar-refractivity contribution in [3.8, 4) is 5.75 Å². The van der Waals surface area contributed by atoms with Crippen molar-refractivity contribution in [3.05, 3.63) is 53.9 Å². The van der Waals surface area contributed by atoms with E-state index in [0.717, 1.165) is 5.56 Å². The number of hydrogen-bond donors (Lipinski definition) is 2. The van der Waals surface area contributed by atoms with Gasteiger partial charge in [-0.3, -0.25) is 4.40 Å². The first-order valence-corrected chi connectivity index (χ1v) is 6.47. The molecule has 110 valence electrons. The fraction of sp³-hybridized carbons (Fsp3) is 0.0667. The van der Waals surface area contributed by atoms with Crippen LogP contribution in [0.25, 0.3) is 5.65 Å². The molecule has 2 N–H and O–H groups in total. The molecule has 0 aliphatic carbocycles. The molecule has 7 heteroatoms. The van der Waals surface area contributed by atoms with E-state index in [-0.39, 0.29) is 17.3 Å². The summed E-state index contributed by atoms with van der Waals surface area (Å²) in [5.41, 5.74) is 1.77. The maximum atomic E-state index is 11.3. The number of aryl methyl sites for hydroxylation is 1. The van der Waals surface area contributed by atoms with Crippen molar-refractivity contribution >= 4 is 23.1 Å². The van der Waals surface area contributed by atoms with Crippen molar-refractivity contribution in [2.45, 2.75) is 6.92 Å². The summed E-state index contributed by atoms with van der Waals surface area (Å²) in [6.45, 7) is 1.89. The lowest BCUT2D eigenvalue weighted by atomic mass is 10.3. The number of carboxylic acids is 1. The average molecular weight is 296 g/mol. The highest BCUT2D eigenvalue weighted by Crippen LogP contribution is 2.25. The molecule has 1 aromatic carbocycles. The van der Waals surface area contributed by atoms with E-state index in [9.17, 15) is 15.0 Å². The lowest BCUT2D eigenvalue weighted by Gasteiger charge is -1.98. The van der Waals surface area contributed by atoms with Crippen molar-refractivity contribution in [2.24, 2.45) is 10.2 Å². The van der Waals surface area contributed by atoms with Crippen LogP contribution in [0.4, 0.5) is 11.5 Å². The Morgan fingerprint density at radius 3 is 2.55 bits per heavy atom. The molecule has 2 aromatic heterocycles. The molecule has 0 unspecified atom stereocenters. The van der Waals surface area contributed by atoms with Gasteiger partial charge in [-0.15, -0.1) is 10.2 Å². The van der Waals surface area contributed by atoms with Gasteiger partial charge in [-0.2, -0.15) is 0 Å². The number of phenolic OH excluding ortho intramolecular Hbond substituents is 1. The minimum absolute atomic E-state index is 0.121. The van der Waals surface area contributed by atoms with E-state index >= 15 is 0 Å². The summed E-state index contributed by atoms with van der Waals surface area (Å²) in [4.78, 5) is 15.4. The number of carboxylic acid groups (broad SMARTS) is 1. The molecule has 7 nitrogen and oxygen atoms in total. The summed E-state index contributed by atoms with van der Waals surface area (Å²) >= 11 is 0. The predicted octanol–water partition coefficient (Wildman–Crippen LogP) is 3.46. The fourth-order valence-electron chi connectivity index (χ4n) is 2.00. The van der Waals surface area contributed by atoms with Crippen molar-refractivity contribution in [1.29, 1.82) is 0 Å². The second kappa shape index (κ2) is 5.28. The zero-order chi connectivity index (χ0) is 15.7. The first-order chi connectivity index (χ1) is 10.5. The van der Waals surface area contributed by atoms with Gasteiger partial charge in [0.25, 0.3) is 0 Å². The van der Waals surface area contributed by atoms with Crippen LogP contribution in [0.5, 0.6) is 5.75 Å². The van der Waals surface area contributed by atoms with Crippen LogP contribution in [0.2, 0.25) is 0 Å². The Bertz CT molecular complexity index is 882. The number of imidazole rings is 1. The molecule has 0 aliphatic rings. The van der Waals surface area contributed by atoms with E-state index in [1.54, 1.807) is 28.8 Å². The number of aromatic hydroxyl groups is 1. The first kappa shape index (κ1) is 13.7. The largest absolute Gasteiger partial charge is 0.508 e. The van der Waals surface area contributed by atoms with Gasteiger partial charge in [0.1, 0.15) is 11.4 Å². The second-order valence-corrected chi connectivity index (χ2v) is 4.74. The van der Waals surface area contributed by atoms with Crippen molar-refractivity contribution in [1.82, 2.24) is 9.38 Å². The van der Waals surface area contributed by atoms with Crippen molar-refractivity contribution in [2.75, 3.05) is 0 Å². The third-order valence-corrected chi connectivity index (χ3v) is 3.05. The molecule has 2 heterocycles. The van der Waals surface area contributed by atoms with Crippen LogP contribution >= 0.6 is 0 Å². The van der Waals surface area contributed by atoms with Crippen LogP contribution < -0.4 is 0 Å². The summed E-state index contributed by atoms with van der Waals surface area (Å²) in [5, 5.41) is 26.5. The van der Waals surface area contributed by atoms with Gasteiger partial charge >= 0.3 is 5.97 Å². The van der Waals surface area contributed by atoms with Gasteiger partial charge in [-0.25, -0.2) is 9.78 Å². The topological polar surface area (TPSA) is 99.5 Å². The highest BCUT2D eigenvalue weighted by Gasteiger charge is 2.18. The number of nitrogens with zero attached hydrogens (tertiary/aromatic N) is 4. The number of rotatable bonds is 3. The van der Waals surface area contributed by atoms with Gasteiger partial charge in [0, 0.05) is 6.20 Å². The second-order valence-electron chi connectivity index (χ2n) is 4.74. The molecule has 0 bridgehead atoms. The molecule has 0 fully saturated rings. The summed E-state index contributed by atoms with van der Waals surface area (Å²) in [7, 11) is 0. The number of aromatic carboxylic acids is 1. The van der Waals surface area contributed by atoms with Crippen LogP contribution in [0.1, 0.15) is 16.1 Å². The Balaban J connectivity index is 2.11. The van der Waals surface area contributed by atoms with Crippen molar-refractivity contribution in [3.63, 3.8) is 0 Å². The molecule has 0 aliphatic heterocycles. The van der Waals surface area contributed by atoms with Gasteiger partial charge in [0.05, 0.1) is 5.69 Å². The Labute approximate surface area is 125 Å². The lowest BCUT2D eigenvalue weighted by molar-refractivity contribution is 0.0692. The molecule has 0 spiro atoms. The lowest BCUT2D eigenvalue weighted by Crippen LogP contribution is -1.96. The normalized spacial score (nSPS) is 11.3. The SMILES string of the molecule is Cc1ccc2nc(C(=O)O)c(N=Nc3ccc(O)cc3)n2c1. The van der Waals surface area contributed by atoms with E-state index in [1.807, 2.05) is 13.0 Å².